The number of hydrogen-bond acceptors (Lipinski definition) is 5. The highest BCUT2D eigenvalue weighted by atomic mass is 79.9. The third kappa shape index (κ3) is 4.36. The van der Waals surface area contributed by atoms with Gasteiger partial charge in [-0.15, -0.1) is 0 Å². The molecule has 1 fully saturated rings. The summed E-state index contributed by atoms with van der Waals surface area (Å²) in [5, 5.41) is 9.90. The smallest absolute Gasteiger partial charge is 0.270 e. The average Bonchev–Trinajstić information content (AvgIpc) is 2.88. The van der Waals surface area contributed by atoms with Gasteiger partial charge in [0, 0.05) is 33.2 Å². The predicted molar refractivity (Wildman–Crippen MR) is 143 cm³/mol. The molecule has 1 aliphatic heterocycles. The molecule has 35 heavy (non-hydrogen) atoms. The fourth-order valence-corrected chi connectivity index (χ4v) is 5.29. The monoisotopic (exact) mass is 527 g/mol. The Morgan fingerprint density at radius 2 is 1.60 bits per heavy atom. The molecule has 0 bridgehead atoms. The number of nitriles is 1. The zero-order valence-electron chi connectivity index (χ0n) is 19.8. The molecule has 2 aromatic carbocycles. The molecule has 1 atom stereocenters. The fourth-order valence-electron chi connectivity index (χ4n) is 4.98. The Bertz CT molecular complexity index is 1470. The van der Waals surface area contributed by atoms with E-state index in [1.807, 2.05) is 18.2 Å². The molecular weight excluding hydrogens is 502 g/mol. The number of rotatable bonds is 4. The van der Waals surface area contributed by atoms with Crippen LogP contribution < -0.4 is 10.5 Å². The van der Waals surface area contributed by atoms with Crippen LogP contribution in [-0.4, -0.2) is 40.6 Å². The van der Waals surface area contributed by atoms with E-state index in [9.17, 15) is 10.1 Å². The molecule has 0 radical (unpaired) electrons. The van der Waals surface area contributed by atoms with Crippen molar-refractivity contribution in [1.29, 1.82) is 5.26 Å². The normalized spacial score (nSPS) is 15.2. The molecule has 4 aromatic rings. The zero-order valence-corrected chi connectivity index (χ0v) is 21.4. The summed E-state index contributed by atoms with van der Waals surface area (Å²) in [6.45, 7) is 5.08. The van der Waals surface area contributed by atoms with E-state index in [1.165, 1.54) is 21.3 Å². The van der Waals surface area contributed by atoms with E-state index >= 15 is 0 Å². The second-order valence-corrected chi connectivity index (χ2v) is 9.76. The van der Waals surface area contributed by atoms with Gasteiger partial charge < -0.3 is 9.47 Å². The Balaban J connectivity index is 1.51. The van der Waals surface area contributed by atoms with Crippen LogP contribution in [0.25, 0.3) is 11.0 Å². The van der Waals surface area contributed by atoms with Crippen LogP contribution in [0.3, 0.4) is 0 Å². The minimum atomic E-state index is -0.289. The van der Waals surface area contributed by atoms with Gasteiger partial charge in [0.25, 0.3) is 5.56 Å². The highest BCUT2D eigenvalue weighted by molar-refractivity contribution is 9.10. The van der Waals surface area contributed by atoms with Crippen molar-refractivity contribution in [2.45, 2.75) is 13.0 Å². The topological polar surface area (TPSA) is 65.2 Å². The maximum absolute atomic E-state index is 13.0. The maximum atomic E-state index is 13.0. The van der Waals surface area contributed by atoms with Gasteiger partial charge in [-0.05, 0) is 46.1 Å². The lowest BCUT2D eigenvalue weighted by Crippen LogP contribution is -2.48. The van der Waals surface area contributed by atoms with E-state index in [1.54, 1.807) is 7.05 Å². The number of hydrogen-bond donors (Lipinski definition) is 0. The van der Waals surface area contributed by atoms with Crippen LogP contribution in [0.5, 0.6) is 0 Å². The lowest BCUT2D eigenvalue weighted by atomic mass is 9.95. The Morgan fingerprint density at radius 1 is 0.943 bits per heavy atom. The number of anilines is 1. The number of aryl methyl sites for hydroxylation is 2. The van der Waals surface area contributed by atoms with Crippen LogP contribution in [0.15, 0.2) is 76.1 Å². The standard InChI is InChI=1S/C28H26BrN5O/c1-19-8-10-21(11-9-19)26(20-6-4-3-5-7-20)33-14-16-34(17-15-33)27-22(18-30)28(35)32(2)23-12-13-24(29)31-25(23)27/h3-13,26H,14-17H2,1-2H3. The number of benzene rings is 2. The average molecular weight is 528 g/mol. The van der Waals surface area contributed by atoms with Crippen LogP contribution in [0.4, 0.5) is 5.69 Å². The molecule has 1 aliphatic rings. The van der Waals surface area contributed by atoms with Crippen molar-refractivity contribution in [2.75, 3.05) is 31.1 Å². The lowest BCUT2D eigenvalue weighted by molar-refractivity contribution is 0.212. The first-order valence-electron chi connectivity index (χ1n) is 11.7. The van der Waals surface area contributed by atoms with Crippen molar-refractivity contribution in [3.05, 3.63) is 104 Å². The minimum Gasteiger partial charge on any atom is -0.366 e. The molecule has 6 nitrogen and oxygen atoms in total. The maximum Gasteiger partial charge on any atom is 0.270 e. The molecule has 2 aromatic heterocycles. The van der Waals surface area contributed by atoms with Crippen molar-refractivity contribution in [2.24, 2.45) is 7.05 Å². The van der Waals surface area contributed by atoms with Crippen molar-refractivity contribution < 1.29 is 0 Å². The largest absolute Gasteiger partial charge is 0.366 e. The first-order valence-corrected chi connectivity index (χ1v) is 12.5. The molecule has 0 saturated carbocycles. The number of halogens is 1. The number of piperazine rings is 1. The van der Waals surface area contributed by atoms with Crippen molar-refractivity contribution in [3.8, 4) is 6.07 Å². The molecule has 5 rings (SSSR count). The molecule has 7 heteroatoms. The zero-order chi connectivity index (χ0) is 24.5. The van der Waals surface area contributed by atoms with Crippen LogP contribution >= 0.6 is 15.9 Å². The molecule has 176 valence electrons. The number of nitrogens with zero attached hydrogens (tertiary/aromatic N) is 5. The highest BCUT2D eigenvalue weighted by Crippen LogP contribution is 2.33. The molecule has 1 unspecified atom stereocenters. The number of aromatic nitrogens is 2. The summed E-state index contributed by atoms with van der Waals surface area (Å²) in [5.41, 5.74) is 5.65. The van der Waals surface area contributed by atoms with Crippen LogP contribution in [0.1, 0.15) is 28.3 Å². The Morgan fingerprint density at radius 3 is 2.26 bits per heavy atom. The van der Waals surface area contributed by atoms with Crippen LogP contribution in [0.2, 0.25) is 0 Å². The van der Waals surface area contributed by atoms with E-state index in [2.05, 4.69) is 92.2 Å². The highest BCUT2D eigenvalue weighted by Gasteiger charge is 2.29. The summed E-state index contributed by atoms with van der Waals surface area (Å²) in [4.78, 5) is 22.3. The van der Waals surface area contributed by atoms with Crippen molar-refractivity contribution in [1.82, 2.24) is 14.5 Å². The number of fused-ring (bicyclic) bond motifs is 1. The molecule has 0 N–H and O–H groups in total. The van der Waals surface area contributed by atoms with Gasteiger partial charge in [0.05, 0.1) is 17.2 Å². The lowest BCUT2D eigenvalue weighted by Gasteiger charge is -2.41. The summed E-state index contributed by atoms with van der Waals surface area (Å²) >= 11 is 3.46. The van der Waals surface area contributed by atoms with Gasteiger partial charge in [0.1, 0.15) is 21.8 Å². The Hall–Kier alpha value is -3.47. The Kier molecular flexibility index (Phi) is 6.42. The molecule has 0 spiro atoms. The van der Waals surface area contributed by atoms with Gasteiger partial charge in [-0.1, -0.05) is 60.2 Å². The number of pyridine rings is 2. The molecular formula is C28H26BrN5O. The molecule has 3 heterocycles. The second-order valence-electron chi connectivity index (χ2n) is 8.95. The SMILES string of the molecule is Cc1ccc(C(c2ccccc2)N2CCN(c3c(C#N)c(=O)n(C)c4ccc(Br)nc34)CC2)cc1. The van der Waals surface area contributed by atoms with Crippen molar-refractivity contribution >= 4 is 32.7 Å². The molecule has 0 amide bonds. The van der Waals surface area contributed by atoms with E-state index < -0.39 is 0 Å². The van der Waals surface area contributed by atoms with Gasteiger partial charge in [-0.2, -0.15) is 5.26 Å². The van der Waals surface area contributed by atoms with Gasteiger partial charge in [-0.25, -0.2) is 4.98 Å². The first-order chi connectivity index (χ1) is 17.0. The van der Waals surface area contributed by atoms with Crippen LogP contribution in [0, 0.1) is 18.3 Å². The van der Waals surface area contributed by atoms with E-state index in [4.69, 9.17) is 0 Å². The van der Waals surface area contributed by atoms with Gasteiger partial charge in [0.2, 0.25) is 0 Å². The van der Waals surface area contributed by atoms with Crippen LogP contribution in [-0.2, 0) is 7.05 Å². The molecule has 1 saturated heterocycles. The third-order valence-corrected chi connectivity index (χ3v) is 7.24. The fraction of sp³-hybridized carbons (Fsp3) is 0.250. The van der Waals surface area contributed by atoms with E-state index in [0.717, 1.165) is 18.6 Å². The molecule has 0 aliphatic carbocycles. The quantitative estimate of drug-likeness (QED) is 0.357. The Labute approximate surface area is 213 Å². The summed E-state index contributed by atoms with van der Waals surface area (Å²) < 4.78 is 2.19. The summed E-state index contributed by atoms with van der Waals surface area (Å²) in [7, 11) is 1.69. The minimum absolute atomic E-state index is 0.141. The van der Waals surface area contributed by atoms with Gasteiger partial charge >= 0.3 is 0 Å². The van der Waals surface area contributed by atoms with Gasteiger partial charge in [0.15, 0.2) is 0 Å². The summed E-state index contributed by atoms with van der Waals surface area (Å²) in [5.74, 6) is 0. The van der Waals surface area contributed by atoms with Crippen molar-refractivity contribution in [3.63, 3.8) is 0 Å². The first kappa shape index (κ1) is 23.3. The van der Waals surface area contributed by atoms with E-state index in [-0.39, 0.29) is 17.2 Å². The second kappa shape index (κ2) is 9.65. The van der Waals surface area contributed by atoms with Gasteiger partial charge in [-0.3, -0.25) is 9.69 Å². The predicted octanol–water partition coefficient (Wildman–Crippen LogP) is 4.79. The summed E-state index contributed by atoms with van der Waals surface area (Å²) in [6, 6.07) is 25.3. The summed E-state index contributed by atoms with van der Waals surface area (Å²) in [6.07, 6.45) is 0. The third-order valence-electron chi connectivity index (χ3n) is 6.80. The van der Waals surface area contributed by atoms with E-state index in [0.29, 0.717) is 28.9 Å².